The van der Waals surface area contributed by atoms with Gasteiger partial charge in [0.2, 0.25) is 0 Å². The Morgan fingerprint density at radius 2 is 1.83 bits per heavy atom. The molecule has 7 heteroatoms. The molecule has 0 aliphatic rings. The molecule has 4 N–H and O–H groups in total. The molecule has 2 heterocycles. The lowest BCUT2D eigenvalue weighted by Crippen LogP contribution is -2.20. The number of aliphatic hydroxyl groups is 1. The SMILES string of the molecule is OC(NCc1cccc(Cl)c1)c1cccc2[nH]c(-c3n[nH]c4ccccc34)nc12. The van der Waals surface area contributed by atoms with E-state index in [1.807, 2.05) is 66.7 Å². The van der Waals surface area contributed by atoms with Crippen LogP contribution in [0.5, 0.6) is 0 Å². The maximum absolute atomic E-state index is 10.7. The molecule has 2 aromatic heterocycles. The summed E-state index contributed by atoms with van der Waals surface area (Å²) in [5.74, 6) is 0.659. The molecule has 0 spiro atoms. The maximum atomic E-state index is 10.7. The summed E-state index contributed by atoms with van der Waals surface area (Å²) in [6.45, 7) is 0.486. The molecule has 1 unspecified atom stereocenters. The molecule has 144 valence electrons. The molecular weight excluding hydrogens is 386 g/mol. The van der Waals surface area contributed by atoms with E-state index in [2.05, 4.69) is 20.5 Å². The first kappa shape index (κ1) is 17.9. The zero-order valence-electron chi connectivity index (χ0n) is 15.4. The van der Waals surface area contributed by atoms with Crippen molar-refractivity contribution < 1.29 is 5.11 Å². The highest BCUT2D eigenvalue weighted by molar-refractivity contribution is 6.30. The van der Waals surface area contributed by atoms with Crippen LogP contribution in [-0.2, 0) is 6.54 Å². The van der Waals surface area contributed by atoms with Crippen LogP contribution in [0.3, 0.4) is 0 Å². The minimum Gasteiger partial charge on any atom is -0.374 e. The number of fused-ring (bicyclic) bond motifs is 2. The minimum absolute atomic E-state index is 0.486. The van der Waals surface area contributed by atoms with Gasteiger partial charge < -0.3 is 10.1 Å². The standard InChI is InChI=1S/C22H18ClN5O/c23-14-6-3-5-13(11-14)12-24-22(29)16-8-4-10-18-19(16)26-21(25-18)20-15-7-1-2-9-17(15)27-28-20/h1-11,22,24,29H,12H2,(H,25,26)(H,27,28). The van der Waals surface area contributed by atoms with Crippen LogP contribution in [0.1, 0.15) is 17.4 Å². The Hall–Kier alpha value is -3.19. The van der Waals surface area contributed by atoms with E-state index in [9.17, 15) is 5.11 Å². The Balaban J connectivity index is 1.47. The van der Waals surface area contributed by atoms with Crippen molar-refractivity contribution in [3.8, 4) is 11.5 Å². The fraction of sp³-hybridized carbons (Fsp3) is 0.0909. The van der Waals surface area contributed by atoms with Gasteiger partial charge in [-0.15, -0.1) is 0 Å². The lowest BCUT2D eigenvalue weighted by Gasteiger charge is -2.14. The number of imidazole rings is 1. The highest BCUT2D eigenvalue weighted by Crippen LogP contribution is 2.28. The van der Waals surface area contributed by atoms with Crippen molar-refractivity contribution in [2.75, 3.05) is 0 Å². The number of nitrogens with one attached hydrogen (secondary N) is 3. The summed E-state index contributed by atoms with van der Waals surface area (Å²) in [6, 6.07) is 21.2. The number of hydrogen-bond donors (Lipinski definition) is 4. The zero-order chi connectivity index (χ0) is 19.8. The molecule has 0 fully saturated rings. The number of benzene rings is 3. The van der Waals surface area contributed by atoms with Crippen molar-refractivity contribution in [3.05, 3.63) is 82.9 Å². The number of aromatic amines is 2. The van der Waals surface area contributed by atoms with Crippen LogP contribution in [0, 0.1) is 0 Å². The van der Waals surface area contributed by atoms with Crippen LogP contribution >= 0.6 is 11.6 Å². The molecule has 3 aromatic carbocycles. The number of aromatic nitrogens is 4. The van der Waals surface area contributed by atoms with E-state index in [1.165, 1.54) is 0 Å². The summed E-state index contributed by atoms with van der Waals surface area (Å²) in [5, 5.41) is 23.0. The van der Waals surface area contributed by atoms with Crippen molar-refractivity contribution in [2.45, 2.75) is 12.8 Å². The number of nitrogens with zero attached hydrogens (tertiary/aromatic N) is 2. The van der Waals surface area contributed by atoms with Gasteiger partial charge in [0.15, 0.2) is 5.82 Å². The molecule has 0 bridgehead atoms. The Kier molecular flexibility index (Phi) is 4.52. The van der Waals surface area contributed by atoms with Crippen molar-refractivity contribution in [2.24, 2.45) is 0 Å². The molecule has 0 saturated carbocycles. The first-order chi connectivity index (χ1) is 14.2. The van der Waals surface area contributed by atoms with Gasteiger partial charge in [-0.3, -0.25) is 10.4 Å². The molecule has 0 aliphatic carbocycles. The zero-order valence-corrected chi connectivity index (χ0v) is 16.1. The average Bonchev–Trinajstić information content (AvgIpc) is 3.35. The van der Waals surface area contributed by atoms with Gasteiger partial charge in [-0.1, -0.05) is 54.1 Å². The highest BCUT2D eigenvalue weighted by Gasteiger charge is 2.17. The van der Waals surface area contributed by atoms with Crippen LogP contribution in [0.2, 0.25) is 5.02 Å². The molecule has 0 radical (unpaired) electrons. The molecular formula is C22H18ClN5O. The Bertz CT molecular complexity index is 1310. The summed E-state index contributed by atoms with van der Waals surface area (Å²) in [5.41, 5.74) is 4.95. The molecule has 0 saturated heterocycles. The Labute approximate surface area is 171 Å². The van der Waals surface area contributed by atoms with E-state index in [-0.39, 0.29) is 0 Å². The Morgan fingerprint density at radius 1 is 1.00 bits per heavy atom. The normalized spacial score (nSPS) is 12.6. The molecule has 5 rings (SSSR count). The van der Waals surface area contributed by atoms with Gasteiger partial charge in [-0.25, -0.2) is 4.98 Å². The fourth-order valence-electron chi connectivity index (χ4n) is 3.50. The van der Waals surface area contributed by atoms with Gasteiger partial charge in [0.25, 0.3) is 0 Å². The van der Waals surface area contributed by atoms with Crippen LogP contribution < -0.4 is 5.32 Å². The largest absolute Gasteiger partial charge is 0.374 e. The lowest BCUT2D eigenvalue weighted by atomic mass is 10.1. The second kappa shape index (κ2) is 7.33. The molecule has 6 nitrogen and oxygen atoms in total. The number of rotatable bonds is 5. The number of hydrogen-bond acceptors (Lipinski definition) is 4. The Morgan fingerprint density at radius 3 is 2.72 bits per heavy atom. The third kappa shape index (κ3) is 3.38. The van der Waals surface area contributed by atoms with E-state index in [0.29, 0.717) is 28.5 Å². The van der Waals surface area contributed by atoms with Crippen molar-refractivity contribution in [1.82, 2.24) is 25.5 Å². The second-order valence-electron chi connectivity index (χ2n) is 6.86. The summed E-state index contributed by atoms with van der Waals surface area (Å²) < 4.78 is 0. The average molecular weight is 404 g/mol. The van der Waals surface area contributed by atoms with Gasteiger partial charge in [0.1, 0.15) is 11.9 Å². The molecule has 1 atom stereocenters. The fourth-order valence-corrected chi connectivity index (χ4v) is 3.72. The molecule has 5 aromatic rings. The summed E-state index contributed by atoms with van der Waals surface area (Å²) in [7, 11) is 0. The van der Waals surface area contributed by atoms with Crippen LogP contribution in [0.15, 0.2) is 66.7 Å². The minimum atomic E-state index is -0.871. The number of halogens is 1. The number of aliphatic hydroxyl groups excluding tert-OH is 1. The van der Waals surface area contributed by atoms with Crippen LogP contribution in [-0.4, -0.2) is 25.3 Å². The van der Waals surface area contributed by atoms with E-state index >= 15 is 0 Å². The van der Waals surface area contributed by atoms with Gasteiger partial charge in [-0.05, 0) is 29.8 Å². The third-order valence-corrected chi connectivity index (χ3v) is 5.16. The van der Waals surface area contributed by atoms with Gasteiger partial charge >= 0.3 is 0 Å². The van der Waals surface area contributed by atoms with E-state index in [0.717, 1.165) is 27.7 Å². The maximum Gasteiger partial charge on any atom is 0.159 e. The van der Waals surface area contributed by atoms with Crippen molar-refractivity contribution in [1.29, 1.82) is 0 Å². The topological polar surface area (TPSA) is 89.6 Å². The van der Waals surface area contributed by atoms with Crippen LogP contribution in [0.4, 0.5) is 0 Å². The summed E-state index contributed by atoms with van der Waals surface area (Å²) >= 11 is 6.04. The number of H-pyrrole nitrogens is 2. The van der Waals surface area contributed by atoms with Crippen molar-refractivity contribution >= 4 is 33.5 Å². The van der Waals surface area contributed by atoms with Gasteiger partial charge in [0.05, 0.1) is 16.6 Å². The molecule has 0 amide bonds. The van der Waals surface area contributed by atoms with E-state index in [1.54, 1.807) is 0 Å². The lowest BCUT2D eigenvalue weighted by molar-refractivity contribution is 0.138. The van der Waals surface area contributed by atoms with E-state index < -0.39 is 6.23 Å². The monoisotopic (exact) mass is 403 g/mol. The predicted octanol–water partition coefficient (Wildman–Crippen LogP) is 4.54. The second-order valence-corrected chi connectivity index (χ2v) is 7.30. The summed E-state index contributed by atoms with van der Waals surface area (Å²) in [6.07, 6.45) is -0.871. The van der Waals surface area contributed by atoms with Crippen molar-refractivity contribution in [3.63, 3.8) is 0 Å². The predicted molar refractivity (Wildman–Crippen MR) is 114 cm³/mol. The number of para-hydroxylation sites is 2. The third-order valence-electron chi connectivity index (χ3n) is 4.92. The molecule has 0 aliphatic heterocycles. The van der Waals surface area contributed by atoms with Crippen LogP contribution in [0.25, 0.3) is 33.5 Å². The summed E-state index contributed by atoms with van der Waals surface area (Å²) in [4.78, 5) is 8.05. The van der Waals surface area contributed by atoms with Gasteiger partial charge in [-0.2, -0.15) is 5.10 Å². The van der Waals surface area contributed by atoms with E-state index in [4.69, 9.17) is 16.6 Å². The first-order valence-corrected chi connectivity index (χ1v) is 9.65. The quantitative estimate of drug-likeness (QED) is 0.324. The van der Waals surface area contributed by atoms with Gasteiger partial charge in [0, 0.05) is 22.5 Å². The molecule has 29 heavy (non-hydrogen) atoms. The smallest absolute Gasteiger partial charge is 0.159 e. The first-order valence-electron chi connectivity index (χ1n) is 9.27. The highest BCUT2D eigenvalue weighted by atomic mass is 35.5.